The fourth-order valence-electron chi connectivity index (χ4n) is 10.6. The van der Waals surface area contributed by atoms with Crippen LogP contribution in [0.15, 0.2) is 241 Å². The van der Waals surface area contributed by atoms with E-state index in [0.29, 0.717) is 17.6 Å². The lowest BCUT2D eigenvalue weighted by molar-refractivity contribution is 0.669. The van der Waals surface area contributed by atoms with E-state index in [1.165, 1.54) is 0 Å². The first kappa shape index (κ1) is 38.8. The maximum atomic E-state index is 6.66. The van der Waals surface area contributed by atoms with Crippen LogP contribution >= 0.6 is 0 Å². The van der Waals surface area contributed by atoms with Gasteiger partial charge in [-0.1, -0.05) is 206 Å². The van der Waals surface area contributed by atoms with Gasteiger partial charge in [-0.15, -0.1) is 0 Å². The average Bonchev–Trinajstić information content (AvgIpc) is 4.10. The molecule has 0 aliphatic heterocycles. The molecule has 6 heteroatoms. The lowest BCUT2D eigenvalue weighted by Crippen LogP contribution is -2.07. The zero-order chi connectivity index (χ0) is 45.4. The fraction of sp³-hybridized carbons (Fsp3) is 0. The summed E-state index contributed by atoms with van der Waals surface area (Å²) in [6, 6.07) is 83.2. The summed E-state index contributed by atoms with van der Waals surface area (Å²) >= 11 is 0. The number of hydrogen-bond acceptors (Lipinski definition) is 4. The summed E-state index contributed by atoms with van der Waals surface area (Å²) in [5.74, 6) is 1.63. The van der Waals surface area contributed by atoms with E-state index in [0.717, 1.165) is 116 Å². The van der Waals surface area contributed by atoms with Crippen molar-refractivity contribution in [3.05, 3.63) is 237 Å². The van der Waals surface area contributed by atoms with Crippen molar-refractivity contribution in [2.75, 3.05) is 0 Å². The molecular formula is C63H39N5O. The summed E-state index contributed by atoms with van der Waals surface area (Å²) in [5, 5.41) is 6.48. The number of furan rings is 1. The molecule has 0 fully saturated rings. The van der Waals surface area contributed by atoms with Crippen molar-refractivity contribution in [1.29, 1.82) is 0 Å². The molecule has 0 aliphatic rings. The Hall–Kier alpha value is -9.39. The van der Waals surface area contributed by atoms with Crippen molar-refractivity contribution >= 4 is 65.6 Å². The Balaban J connectivity index is 1.10. The SMILES string of the molecule is c1ccc(-c2ccc(-c3nc(-c4cccc5oc6cccc(-c7ccccc7)c6c45)nc(-n4c5ccccc5c5ccc6c7ccccc7n(-c7ccccc7-c7ccccc7)c6c54)n3)cc2)cc1. The number of hydrogen-bond donors (Lipinski definition) is 0. The van der Waals surface area contributed by atoms with Crippen LogP contribution in [0.5, 0.6) is 0 Å². The van der Waals surface area contributed by atoms with E-state index < -0.39 is 0 Å². The largest absolute Gasteiger partial charge is 0.456 e. The van der Waals surface area contributed by atoms with E-state index in [-0.39, 0.29) is 0 Å². The number of aromatic nitrogens is 5. The topological polar surface area (TPSA) is 61.7 Å². The van der Waals surface area contributed by atoms with E-state index in [1.54, 1.807) is 0 Å². The summed E-state index contributed by atoms with van der Waals surface area (Å²) in [7, 11) is 0. The van der Waals surface area contributed by atoms with Gasteiger partial charge in [-0.05, 0) is 58.1 Å². The smallest absolute Gasteiger partial charge is 0.238 e. The molecule has 0 spiro atoms. The Morgan fingerprint density at radius 2 is 0.754 bits per heavy atom. The number of fused-ring (bicyclic) bond motifs is 10. The second-order valence-corrected chi connectivity index (χ2v) is 17.5. The highest BCUT2D eigenvalue weighted by Gasteiger charge is 2.26. The van der Waals surface area contributed by atoms with Crippen molar-refractivity contribution in [2.45, 2.75) is 0 Å². The maximum absolute atomic E-state index is 6.66. The van der Waals surface area contributed by atoms with Gasteiger partial charge in [0.15, 0.2) is 11.6 Å². The van der Waals surface area contributed by atoms with E-state index in [1.807, 2.05) is 30.3 Å². The van der Waals surface area contributed by atoms with Gasteiger partial charge in [0, 0.05) is 49.0 Å². The highest BCUT2D eigenvalue weighted by molar-refractivity contribution is 6.24. The van der Waals surface area contributed by atoms with Gasteiger partial charge < -0.3 is 8.98 Å². The third kappa shape index (κ3) is 6.16. The molecule has 0 bridgehead atoms. The first-order valence-electron chi connectivity index (χ1n) is 23.3. The molecule has 4 heterocycles. The molecule has 14 rings (SSSR count). The minimum absolute atomic E-state index is 0.516. The number of rotatable bonds is 7. The first-order valence-corrected chi connectivity index (χ1v) is 23.3. The molecular weight excluding hydrogens is 843 g/mol. The second kappa shape index (κ2) is 15.6. The zero-order valence-corrected chi connectivity index (χ0v) is 37.2. The van der Waals surface area contributed by atoms with Crippen molar-refractivity contribution in [3.63, 3.8) is 0 Å². The number of para-hydroxylation sites is 3. The third-order valence-electron chi connectivity index (χ3n) is 13.6. The molecule has 4 aromatic heterocycles. The van der Waals surface area contributed by atoms with Crippen LogP contribution < -0.4 is 0 Å². The van der Waals surface area contributed by atoms with Gasteiger partial charge in [0.05, 0.1) is 27.8 Å². The fourth-order valence-corrected chi connectivity index (χ4v) is 10.6. The van der Waals surface area contributed by atoms with Crippen LogP contribution in [0.4, 0.5) is 0 Å². The molecule has 14 aromatic rings. The number of benzene rings is 10. The standard InChI is InChI=1S/C63H39N5O/c1-4-18-40(19-5-1)41-34-36-44(37-35-41)61-64-62(51-28-17-33-56-58(51)57-46(27-16-32-55(57)69-56)43-22-8-3-9-23-43)66-63(65-61)68-54-31-15-12-26-48(54)50-39-38-49-47-25-11-14-30-53(47)67(59(49)60(50)68)52-29-13-10-24-45(52)42-20-6-2-7-21-42/h1-39H. The quantitative estimate of drug-likeness (QED) is 0.160. The molecule has 0 saturated heterocycles. The van der Waals surface area contributed by atoms with Gasteiger partial charge in [-0.2, -0.15) is 9.97 Å². The van der Waals surface area contributed by atoms with Crippen LogP contribution in [0.2, 0.25) is 0 Å². The van der Waals surface area contributed by atoms with Gasteiger partial charge in [-0.25, -0.2) is 4.98 Å². The van der Waals surface area contributed by atoms with Crippen LogP contribution in [-0.2, 0) is 0 Å². The summed E-state index contributed by atoms with van der Waals surface area (Å²) < 4.78 is 11.4. The molecule has 322 valence electrons. The first-order chi connectivity index (χ1) is 34.2. The van der Waals surface area contributed by atoms with Gasteiger partial charge in [0.2, 0.25) is 5.95 Å². The Labute approximate surface area is 396 Å². The van der Waals surface area contributed by atoms with Crippen LogP contribution in [0, 0.1) is 0 Å². The van der Waals surface area contributed by atoms with Crippen LogP contribution in [-0.4, -0.2) is 24.1 Å². The van der Waals surface area contributed by atoms with Gasteiger partial charge >= 0.3 is 0 Å². The Morgan fingerprint density at radius 3 is 1.42 bits per heavy atom. The molecule has 6 nitrogen and oxygen atoms in total. The summed E-state index contributed by atoms with van der Waals surface area (Å²) in [6.45, 7) is 0. The van der Waals surface area contributed by atoms with E-state index >= 15 is 0 Å². The summed E-state index contributed by atoms with van der Waals surface area (Å²) in [6.07, 6.45) is 0. The normalized spacial score (nSPS) is 11.8. The second-order valence-electron chi connectivity index (χ2n) is 17.5. The predicted molar refractivity (Wildman–Crippen MR) is 283 cm³/mol. The third-order valence-corrected chi connectivity index (χ3v) is 13.6. The highest BCUT2D eigenvalue weighted by atomic mass is 16.3. The minimum atomic E-state index is 0.516. The minimum Gasteiger partial charge on any atom is -0.456 e. The predicted octanol–water partition coefficient (Wildman–Crippen LogP) is 16.3. The number of nitrogens with zero attached hydrogens (tertiary/aromatic N) is 5. The van der Waals surface area contributed by atoms with Crippen molar-refractivity contribution in [2.24, 2.45) is 0 Å². The lowest BCUT2D eigenvalue weighted by Gasteiger charge is -2.16. The summed E-state index contributed by atoms with van der Waals surface area (Å²) in [4.78, 5) is 16.5. The van der Waals surface area contributed by atoms with Crippen LogP contribution in [0.1, 0.15) is 0 Å². The van der Waals surface area contributed by atoms with Crippen molar-refractivity contribution in [1.82, 2.24) is 24.1 Å². The molecule has 69 heavy (non-hydrogen) atoms. The highest BCUT2D eigenvalue weighted by Crippen LogP contribution is 2.45. The average molecular weight is 882 g/mol. The monoisotopic (exact) mass is 881 g/mol. The van der Waals surface area contributed by atoms with Gasteiger partial charge in [0.1, 0.15) is 11.2 Å². The molecule has 0 atom stereocenters. The molecule has 0 N–H and O–H groups in total. The molecule has 0 unspecified atom stereocenters. The van der Waals surface area contributed by atoms with Crippen LogP contribution in [0.3, 0.4) is 0 Å². The molecule has 0 radical (unpaired) electrons. The Morgan fingerprint density at radius 1 is 0.290 bits per heavy atom. The summed E-state index contributed by atoms with van der Waals surface area (Å²) in [5.41, 5.74) is 15.3. The molecule has 0 saturated carbocycles. The lowest BCUT2D eigenvalue weighted by atomic mass is 9.97. The van der Waals surface area contributed by atoms with E-state index in [9.17, 15) is 0 Å². The Bertz CT molecular complexity index is 4280. The van der Waals surface area contributed by atoms with E-state index in [2.05, 4.69) is 215 Å². The van der Waals surface area contributed by atoms with Crippen molar-refractivity contribution < 1.29 is 4.42 Å². The maximum Gasteiger partial charge on any atom is 0.238 e. The molecule has 0 amide bonds. The van der Waals surface area contributed by atoms with Crippen molar-refractivity contribution in [3.8, 4) is 67.8 Å². The van der Waals surface area contributed by atoms with Crippen LogP contribution in [0.25, 0.3) is 133 Å². The Kier molecular flexibility index (Phi) is 8.79. The van der Waals surface area contributed by atoms with E-state index in [4.69, 9.17) is 19.4 Å². The van der Waals surface area contributed by atoms with Gasteiger partial charge in [-0.3, -0.25) is 4.57 Å². The molecule has 0 aliphatic carbocycles. The molecule has 10 aromatic carbocycles. The zero-order valence-electron chi connectivity index (χ0n) is 37.2. The van der Waals surface area contributed by atoms with Gasteiger partial charge in [0.25, 0.3) is 0 Å².